The molecule has 1 N–H and O–H groups in total. The molecular weight excluding hydrogens is 368 g/mol. The molecule has 0 saturated carbocycles. The monoisotopic (exact) mass is 388 g/mol. The van der Waals surface area contributed by atoms with Crippen LogP contribution in [0.5, 0.6) is 5.75 Å². The number of rotatable bonds is 5. The van der Waals surface area contributed by atoms with E-state index < -0.39 is 0 Å². The maximum atomic E-state index is 12.5. The number of hydrogen-bond acceptors (Lipinski definition) is 3. The highest BCUT2D eigenvalue weighted by Crippen LogP contribution is 2.23. The molecule has 5 heteroatoms. The molecule has 0 spiro atoms. The van der Waals surface area contributed by atoms with Crippen LogP contribution < -0.4 is 10.1 Å². The predicted octanol–water partition coefficient (Wildman–Crippen LogP) is 3.46. The quantitative estimate of drug-likeness (QED) is 0.852. The van der Waals surface area contributed by atoms with Gasteiger partial charge in [-0.05, 0) is 46.1 Å². The molecule has 3 rings (SSSR count). The van der Waals surface area contributed by atoms with Gasteiger partial charge in [-0.3, -0.25) is 9.69 Å². The summed E-state index contributed by atoms with van der Waals surface area (Å²) < 4.78 is 5.98. The SMILES string of the molecule is COc1ccc(Br)c(C(=O)NC2CCN(Cc3ccccc3)C2)c1. The van der Waals surface area contributed by atoms with Crippen LogP contribution in [0.2, 0.25) is 0 Å². The second kappa shape index (κ2) is 7.81. The Balaban J connectivity index is 1.58. The zero-order chi connectivity index (χ0) is 16.9. The van der Waals surface area contributed by atoms with Gasteiger partial charge in [0.05, 0.1) is 12.7 Å². The summed E-state index contributed by atoms with van der Waals surface area (Å²) in [5.74, 6) is 0.618. The Labute approximate surface area is 150 Å². The van der Waals surface area contributed by atoms with Crippen molar-refractivity contribution in [2.24, 2.45) is 0 Å². The number of methoxy groups -OCH3 is 1. The maximum absolute atomic E-state index is 12.5. The van der Waals surface area contributed by atoms with Crippen molar-refractivity contribution in [3.05, 3.63) is 64.1 Å². The van der Waals surface area contributed by atoms with E-state index in [2.05, 4.69) is 50.4 Å². The van der Waals surface area contributed by atoms with Crippen molar-refractivity contribution in [1.29, 1.82) is 0 Å². The van der Waals surface area contributed by atoms with Crippen LogP contribution in [0.15, 0.2) is 53.0 Å². The molecule has 4 nitrogen and oxygen atoms in total. The van der Waals surface area contributed by atoms with E-state index in [-0.39, 0.29) is 11.9 Å². The van der Waals surface area contributed by atoms with E-state index in [0.29, 0.717) is 11.3 Å². The first-order valence-electron chi connectivity index (χ1n) is 8.06. The highest BCUT2D eigenvalue weighted by molar-refractivity contribution is 9.10. The minimum atomic E-state index is -0.0627. The highest BCUT2D eigenvalue weighted by atomic mass is 79.9. The summed E-state index contributed by atoms with van der Waals surface area (Å²) in [7, 11) is 1.60. The lowest BCUT2D eigenvalue weighted by atomic mass is 10.1. The molecule has 2 aromatic rings. The van der Waals surface area contributed by atoms with E-state index in [1.165, 1.54) is 5.56 Å². The summed E-state index contributed by atoms with van der Waals surface area (Å²) in [5, 5.41) is 3.14. The molecule has 0 radical (unpaired) electrons. The van der Waals surface area contributed by atoms with Gasteiger partial charge in [0, 0.05) is 30.1 Å². The number of carbonyl (C=O) groups excluding carboxylic acids is 1. The number of halogens is 1. The summed E-state index contributed by atoms with van der Waals surface area (Å²) in [6.45, 7) is 2.80. The second-order valence-electron chi connectivity index (χ2n) is 6.03. The Morgan fingerprint density at radius 2 is 2.08 bits per heavy atom. The zero-order valence-corrected chi connectivity index (χ0v) is 15.3. The van der Waals surface area contributed by atoms with Gasteiger partial charge in [-0.1, -0.05) is 30.3 Å². The van der Waals surface area contributed by atoms with Crippen molar-refractivity contribution in [2.75, 3.05) is 20.2 Å². The molecule has 1 aliphatic rings. The van der Waals surface area contributed by atoms with E-state index in [0.717, 1.165) is 30.5 Å². The van der Waals surface area contributed by atoms with Crippen LogP contribution in [0.25, 0.3) is 0 Å². The van der Waals surface area contributed by atoms with Gasteiger partial charge in [0.25, 0.3) is 5.91 Å². The van der Waals surface area contributed by atoms with E-state index >= 15 is 0 Å². The fourth-order valence-electron chi connectivity index (χ4n) is 3.00. The average molecular weight is 389 g/mol. The van der Waals surface area contributed by atoms with E-state index in [4.69, 9.17) is 4.74 Å². The van der Waals surface area contributed by atoms with Gasteiger partial charge in [-0.25, -0.2) is 0 Å². The first-order valence-corrected chi connectivity index (χ1v) is 8.85. The standard InChI is InChI=1S/C19H21BrN2O2/c1-24-16-7-8-18(20)17(11-16)19(23)21-15-9-10-22(13-15)12-14-5-3-2-4-6-14/h2-8,11,15H,9-10,12-13H2,1H3,(H,21,23). The number of nitrogens with one attached hydrogen (secondary N) is 1. The summed E-state index contributed by atoms with van der Waals surface area (Å²) in [6.07, 6.45) is 0.972. The third kappa shape index (κ3) is 4.16. The highest BCUT2D eigenvalue weighted by Gasteiger charge is 2.25. The Hall–Kier alpha value is -1.85. The molecular formula is C19H21BrN2O2. The van der Waals surface area contributed by atoms with Crippen molar-refractivity contribution in [2.45, 2.75) is 19.0 Å². The molecule has 1 unspecified atom stereocenters. The van der Waals surface area contributed by atoms with Crippen LogP contribution >= 0.6 is 15.9 Å². The Morgan fingerprint density at radius 1 is 1.29 bits per heavy atom. The number of ether oxygens (including phenoxy) is 1. The van der Waals surface area contributed by atoms with Crippen molar-refractivity contribution < 1.29 is 9.53 Å². The van der Waals surface area contributed by atoms with Crippen LogP contribution in [0.1, 0.15) is 22.3 Å². The molecule has 1 saturated heterocycles. The van der Waals surface area contributed by atoms with Crippen molar-refractivity contribution in [3.63, 3.8) is 0 Å². The zero-order valence-electron chi connectivity index (χ0n) is 13.7. The molecule has 0 aromatic heterocycles. The van der Waals surface area contributed by atoms with Crippen molar-refractivity contribution >= 4 is 21.8 Å². The second-order valence-corrected chi connectivity index (χ2v) is 6.88. The third-order valence-corrected chi connectivity index (χ3v) is 4.97. The first-order chi connectivity index (χ1) is 11.7. The largest absolute Gasteiger partial charge is 0.497 e. The van der Waals surface area contributed by atoms with Gasteiger partial charge >= 0.3 is 0 Å². The minimum absolute atomic E-state index is 0.0627. The van der Waals surface area contributed by atoms with Gasteiger partial charge in [0.2, 0.25) is 0 Å². The van der Waals surface area contributed by atoms with E-state index in [9.17, 15) is 4.79 Å². The molecule has 1 heterocycles. The lowest BCUT2D eigenvalue weighted by Gasteiger charge is -2.17. The topological polar surface area (TPSA) is 41.6 Å². The van der Waals surface area contributed by atoms with Crippen LogP contribution in [0.3, 0.4) is 0 Å². The number of nitrogens with zero attached hydrogens (tertiary/aromatic N) is 1. The fraction of sp³-hybridized carbons (Fsp3) is 0.316. The lowest BCUT2D eigenvalue weighted by molar-refractivity contribution is 0.0936. The van der Waals surface area contributed by atoms with Gasteiger partial charge in [-0.2, -0.15) is 0 Å². The van der Waals surface area contributed by atoms with Gasteiger partial charge in [-0.15, -0.1) is 0 Å². The number of carbonyl (C=O) groups is 1. The molecule has 1 atom stereocenters. The van der Waals surface area contributed by atoms with Crippen molar-refractivity contribution in [3.8, 4) is 5.75 Å². The fourth-order valence-corrected chi connectivity index (χ4v) is 3.43. The Morgan fingerprint density at radius 3 is 2.83 bits per heavy atom. The van der Waals surface area contributed by atoms with E-state index in [1.54, 1.807) is 13.2 Å². The maximum Gasteiger partial charge on any atom is 0.252 e. The Kier molecular flexibility index (Phi) is 5.53. The number of likely N-dealkylation sites (tertiary alicyclic amines) is 1. The number of hydrogen-bond donors (Lipinski definition) is 1. The summed E-state index contributed by atoms with van der Waals surface area (Å²) >= 11 is 3.44. The predicted molar refractivity (Wildman–Crippen MR) is 98.3 cm³/mol. The molecule has 126 valence electrons. The summed E-state index contributed by atoms with van der Waals surface area (Å²) in [5.41, 5.74) is 1.91. The molecule has 2 aromatic carbocycles. The molecule has 1 aliphatic heterocycles. The van der Waals surface area contributed by atoms with Crippen molar-refractivity contribution in [1.82, 2.24) is 10.2 Å². The van der Waals surface area contributed by atoms with Crippen LogP contribution in [0, 0.1) is 0 Å². The average Bonchev–Trinajstić information content (AvgIpc) is 3.03. The molecule has 24 heavy (non-hydrogen) atoms. The lowest BCUT2D eigenvalue weighted by Crippen LogP contribution is -2.37. The number of benzene rings is 2. The summed E-state index contributed by atoms with van der Waals surface area (Å²) in [4.78, 5) is 14.9. The number of amides is 1. The smallest absolute Gasteiger partial charge is 0.252 e. The van der Waals surface area contributed by atoms with Crippen LogP contribution in [-0.4, -0.2) is 37.0 Å². The molecule has 0 bridgehead atoms. The molecule has 1 fully saturated rings. The van der Waals surface area contributed by atoms with Crippen LogP contribution in [-0.2, 0) is 6.54 Å². The minimum Gasteiger partial charge on any atom is -0.497 e. The van der Waals surface area contributed by atoms with E-state index in [1.807, 2.05) is 18.2 Å². The van der Waals surface area contributed by atoms with Gasteiger partial charge in [0.1, 0.15) is 5.75 Å². The normalized spacial score (nSPS) is 17.7. The van der Waals surface area contributed by atoms with Gasteiger partial charge < -0.3 is 10.1 Å². The summed E-state index contributed by atoms with van der Waals surface area (Å²) in [6, 6.07) is 16.0. The molecule has 0 aliphatic carbocycles. The van der Waals surface area contributed by atoms with Gasteiger partial charge in [0.15, 0.2) is 0 Å². The first kappa shape index (κ1) is 17.0. The molecule has 1 amide bonds. The Bertz CT molecular complexity index is 706. The third-order valence-electron chi connectivity index (χ3n) is 4.27. The van der Waals surface area contributed by atoms with Crippen LogP contribution in [0.4, 0.5) is 0 Å².